The lowest BCUT2D eigenvalue weighted by Gasteiger charge is -2.37. The Labute approximate surface area is 226 Å². The Morgan fingerprint density at radius 3 is 2.68 bits per heavy atom. The van der Waals surface area contributed by atoms with Gasteiger partial charge in [0, 0.05) is 49.1 Å². The maximum atomic E-state index is 13.0. The van der Waals surface area contributed by atoms with Gasteiger partial charge >= 0.3 is 6.09 Å². The van der Waals surface area contributed by atoms with Crippen LogP contribution in [-0.2, 0) is 22.8 Å². The molecule has 0 bridgehead atoms. The molecular formula is C30H40N4O3Si-. The van der Waals surface area contributed by atoms with Crippen LogP contribution in [0.4, 0.5) is 4.79 Å². The summed E-state index contributed by atoms with van der Waals surface area (Å²) in [5.74, 6) is 0.429. The quantitative estimate of drug-likeness (QED) is 0.184. The van der Waals surface area contributed by atoms with Gasteiger partial charge in [-0.05, 0) is 36.5 Å². The molecule has 1 amide bonds. The predicted molar refractivity (Wildman–Crippen MR) is 155 cm³/mol. The fourth-order valence-corrected chi connectivity index (χ4v) is 6.09. The number of benzene rings is 1. The van der Waals surface area contributed by atoms with E-state index >= 15 is 0 Å². The third-order valence-corrected chi connectivity index (χ3v) is 9.45. The Balaban J connectivity index is 1.37. The molecule has 38 heavy (non-hydrogen) atoms. The van der Waals surface area contributed by atoms with Gasteiger partial charge < -0.3 is 23.5 Å². The van der Waals surface area contributed by atoms with E-state index in [0.717, 1.165) is 41.1 Å². The third-order valence-electron chi connectivity index (χ3n) is 7.74. The molecule has 0 N–H and O–H groups in total. The van der Waals surface area contributed by atoms with E-state index < -0.39 is 8.07 Å². The van der Waals surface area contributed by atoms with Gasteiger partial charge in [0.2, 0.25) is 0 Å². The molecule has 1 fully saturated rings. The number of nitrogens with zero attached hydrogens (tertiary/aromatic N) is 4. The average molecular weight is 533 g/mol. The van der Waals surface area contributed by atoms with Gasteiger partial charge in [0.05, 0.1) is 11.6 Å². The summed E-state index contributed by atoms with van der Waals surface area (Å²) in [4.78, 5) is 19.7. The van der Waals surface area contributed by atoms with Crippen molar-refractivity contribution in [3.63, 3.8) is 0 Å². The second-order valence-corrected chi connectivity index (χ2v) is 17.6. The van der Waals surface area contributed by atoms with Crippen molar-refractivity contribution in [2.24, 2.45) is 5.92 Å². The Kier molecular flexibility index (Phi) is 7.63. The number of aromatic nitrogens is 3. The standard InChI is InChI=1S/C30H40N4O3Si/c1-22-11-13-32(30(35)37-20-24-9-7-6-8-10-24)19-27(22)34-18-23(2)26-17-31-29-25(28(26)34)12-14-33(29)21-36-15-16-38(3,4)5/h6-10,12,14,17-18,22,27H,11,13,15-16,19-21H2,1-5H3/q-1/t22-,27+/m1/s1. The van der Waals surface area contributed by atoms with Crippen LogP contribution in [0.1, 0.15) is 30.5 Å². The van der Waals surface area contributed by atoms with E-state index in [1.807, 2.05) is 41.4 Å². The number of carbonyl (C=O) groups is 1. The Bertz CT molecular complexity index is 1410. The highest BCUT2D eigenvalue weighted by atomic mass is 28.3. The zero-order chi connectivity index (χ0) is 26.9. The molecule has 4 heterocycles. The van der Waals surface area contributed by atoms with Crippen molar-refractivity contribution >= 4 is 36.1 Å². The van der Waals surface area contributed by atoms with E-state index in [-0.39, 0.29) is 12.1 Å². The number of rotatable bonds is 8. The molecule has 1 aliphatic rings. The van der Waals surface area contributed by atoms with Crippen molar-refractivity contribution in [2.75, 3.05) is 19.7 Å². The summed E-state index contributed by atoms with van der Waals surface area (Å²) < 4.78 is 16.2. The normalized spacial score (nSPS) is 18.4. The van der Waals surface area contributed by atoms with E-state index in [9.17, 15) is 4.79 Å². The summed E-state index contributed by atoms with van der Waals surface area (Å²) in [6.45, 7) is 14.5. The zero-order valence-corrected chi connectivity index (χ0v) is 24.3. The Hall–Kier alpha value is -3.10. The number of carbonyl (C=O) groups excluding carboxylic acids is 1. The lowest BCUT2D eigenvalue weighted by Crippen LogP contribution is -2.44. The van der Waals surface area contributed by atoms with Gasteiger partial charge in [0.15, 0.2) is 0 Å². The molecule has 1 saturated heterocycles. The number of hydrogen-bond acceptors (Lipinski definition) is 4. The number of likely N-dealkylation sites (tertiary alicyclic amines) is 1. The number of hydrogen-bond donors (Lipinski definition) is 0. The first kappa shape index (κ1) is 26.5. The molecule has 0 saturated carbocycles. The molecule has 7 nitrogen and oxygen atoms in total. The van der Waals surface area contributed by atoms with Gasteiger partial charge in [-0.1, -0.05) is 37.3 Å². The SMILES string of the molecule is Cc1cn([C@H]2CN(C(=O)OCc3ccccc3)CC[C@H]2C)c2c1cnc1c2ccn1COCC[Si-](C)(C)C. The van der Waals surface area contributed by atoms with Crippen molar-refractivity contribution in [3.05, 3.63) is 66.1 Å². The molecule has 4 aromatic rings. The van der Waals surface area contributed by atoms with Crippen LogP contribution >= 0.6 is 0 Å². The molecule has 8 heteroatoms. The summed E-state index contributed by atoms with van der Waals surface area (Å²) in [6, 6.07) is 13.3. The van der Waals surface area contributed by atoms with Crippen LogP contribution in [0.5, 0.6) is 0 Å². The number of aryl methyl sites for hydroxylation is 1. The van der Waals surface area contributed by atoms with Crippen LogP contribution < -0.4 is 0 Å². The number of pyridine rings is 1. The molecular weight excluding hydrogens is 492 g/mol. The Morgan fingerprint density at radius 2 is 1.92 bits per heavy atom. The first-order valence-electron chi connectivity index (χ1n) is 13.7. The maximum Gasteiger partial charge on any atom is 0.410 e. The van der Waals surface area contributed by atoms with Crippen molar-refractivity contribution < 1.29 is 14.3 Å². The van der Waals surface area contributed by atoms with E-state index in [2.05, 4.69) is 61.1 Å². The highest BCUT2D eigenvalue weighted by molar-refractivity contribution is 6.76. The van der Waals surface area contributed by atoms with E-state index in [4.69, 9.17) is 14.5 Å². The lowest BCUT2D eigenvalue weighted by molar-refractivity contribution is 0.0698. The van der Waals surface area contributed by atoms with E-state index in [1.165, 1.54) is 11.1 Å². The van der Waals surface area contributed by atoms with Crippen molar-refractivity contribution in [3.8, 4) is 0 Å². The number of piperidine rings is 1. The zero-order valence-electron chi connectivity index (χ0n) is 23.3. The number of fused-ring (bicyclic) bond motifs is 3. The predicted octanol–water partition coefficient (Wildman–Crippen LogP) is 6.83. The van der Waals surface area contributed by atoms with Gasteiger partial charge in [-0.25, -0.2) is 9.78 Å². The van der Waals surface area contributed by atoms with E-state index in [0.29, 0.717) is 32.3 Å². The highest BCUT2D eigenvalue weighted by Crippen LogP contribution is 2.36. The maximum absolute atomic E-state index is 13.0. The summed E-state index contributed by atoms with van der Waals surface area (Å²) in [5, 5.41) is 2.28. The summed E-state index contributed by atoms with van der Waals surface area (Å²) in [7, 11) is -1.13. The van der Waals surface area contributed by atoms with Gasteiger partial charge in [-0.15, -0.1) is 14.1 Å². The number of amides is 1. The molecule has 203 valence electrons. The largest absolute Gasteiger partial charge is 0.445 e. The van der Waals surface area contributed by atoms with Crippen molar-refractivity contribution in [1.82, 2.24) is 19.0 Å². The molecule has 0 radical (unpaired) electrons. The second-order valence-electron chi connectivity index (χ2n) is 11.9. The number of ether oxygens (including phenoxy) is 2. The van der Waals surface area contributed by atoms with Crippen LogP contribution in [-0.4, -0.2) is 52.9 Å². The highest BCUT2D eigenvalue weighted by Gasteiger charge is 2.32. The smallest absolute Gasteiger partial charge is 0.410 e. The minimum atomic E-state index is -1.13. The molecule has 0 unspecified atom stereocenters. The van der Waals surface area contributed by atoms with Crippen molar-refractivity contribution in [2.45, 2.75) is 65.3 Å². The molecule has 5 rings (SSSR count). The minimum Gasteiger partial charge on any atom is -0.445 e. The van der Waals surface area contributed by atoms with Crippen LogP contribution in [0.15, 0.2) is 55.0 Å². The second kappa shape index (κ2) is 10.9. The fraction of sp³-hybridized carbons (Fsp3) is 0.467. The first-order chi connectivity index (χ1) is 18.2. The Morgan fingerprint density at radius 1 is 1.13 bits per heavy atom. The van der Waals surface area contributed by atoms with Crippen LogP contribution in [0.25, 0.3) is 21.9 Å². The molecule has 1 aliphatic heterocycles. The van der Waals surface area contributed by atoms with Gasteiger partial charge in [-0.3, -0.25) is 0 Å². The van der Waals surface area contributed by atoms with E-state index in [1.54, 1.807) is 0 Å². The third kappa shape index (κ3) is 5.66. The minimum absolute atomic E-state index is 0.158. The van der Waals surface area contributed by atoms with Gasteiger partial charge in [-0.2, -0.15) is 19.6 Å². The summed E-state index contributed by atoms with van der Waals surface area (Å²) in [6.07, 6.45) is 6.99. The summed E-state index contributed by atoms with van der Waals surface area (Å²) >= 11 is 0. The van der Waals surface area contributed by atoms with Crippen LogP contribution in [0.2, 0.25) is 25.7 Å². The topological polar surface area (TPSA) is 61.5 Å². The average Bonchev–Trinajstić information content (AvgIpc) is 3.46. The van der Waals surface area contributed by atoms with Gasteiger partial charge in [0.1, 0.15) is 19.0 Å². The summed E-state index contributed by atoms with van der Waals surface area (Å²) in [5.41, 5.74) is 4.32. The van der Waals surface area contributed by atoms with Crippen LogP contribution in [0.3, 0.4) is 0 Å². The molecule has 2 atom stereocenters. The van der Waals surface area contributed by atoms with Crippen LogP contribution in [0, 0.1) is 12.8 Å². The monoisotopic (exact) mass is 532 g/mol. The first-order valence-corrected chi connectivity index (χ1v) is 17.4. The molecule has 3 aromatic heterocycles. The lowest BCUT2D eigenvalue weighted by atomic mass is 9.93. The molecule has 0 aliphatic carbocycles. The molecule has 1 aromatic carbocycles. The van der Waals surface area contributed by atoms with Gasteiger partial charge in [0.25, 0.3) is 0 Å². The molecule has 0 spiro atoms. The van der Waals surface area contributed by atoms with Crippen molar-refractivity contribution in [1.29, 1.82) is 0 Å². The fourth-order valence-electron chi connectivity index (χ4n) is 5.33.